The molecule has 0 fully saturated rings. The van der Waals surface area contributed by atoms with E-state index in [0.717, 1.165) is 11.8 Å². The van der Waals surface area contributed by atoms with Crippen LogP contribution in [0.15, 0.2) is 0 Å². The lowest BCUT2D eigenvalue weighted by Gasteiger charge is -2.26. The molecule has 0 aromatic rings. The van der Waals surface area contributed by atoms with Gasteiger partial charge in [0.05, 0.1) is 12.0 Å². The van der Waals surface area contributed by atoms with Crippen LogP contribution in [0.2, 0.25) is 0 Å². The Hall–Kier alpha value is -2.37. The smallest absolute Gasteiger partial charge is 0.329 e. The molecule has 0 saturated carbocycles. The predicted molar refractivity (Wildman–Crippen MR) is 110 cm³/mol. The van der Waals surface area contributed by atoms with Crippen molar-refractivity contribution in [2.24, 2.45) is 11.3 Å². The third-order valence-electron chi connectivity index (χ3n) is 4.24. The van der Waals surface area contributed by atoms with E-state index in [4.69, 9.17) is 4.74 Å². The van der Waals surface area contributed by atoms with Gasteiger partial charge in [-0.15, -0.1) is 10.1 Å². The lowest BCUT2D eigenvalue weighted by atomic mass is 9.93. The minimum atomic E-state index is -1.30. The first kappa shape index (κ1) is 27.6. The van der Waals surface area contributed by atoms with E-state index in [1.807, 2.05) is 13.8 Å². The summed E-state index contributed by atoms with van der Waals surface area (Å²) in [4.78, 5) is 63.4. The Morgan fingerprint density at radius 3 is 2.23 bits per heavy atom. The average Bonchev–Trinajstić information content (AvgIpc) is 2.66. The molecule has 12 heteroatoms. The maximum atomic E-state index is 12.6. The zero-order valence-electron chi connectivity index (χ0n) is 18.2. The highest BCUT2D eigenvalue weighted by atomic mass is 32.2. The molecule has 0 saturated heterocycles. The van der Waals surface area contributed by atoms with Gasteiger partial charge in [0.25, 0.3) is 5.09 Å². The summed E-state index contributed by atoms with van der Waals surface area (Å²) in [6, 6.07) is -1.89. The van der Waals surface area contributed by atoms with E-state index in [1.54, 1.807) is 6.92 Å². The van der Waals surface area contributed by atoms with Crippen molar-refractivity contribution >= 4 is 34.7 Å². The normalized spacial score (nSPS) is 14.1. The van der Waals surface area contributed by atoms with Gasteiger partial charge in [-0.05, 0) is 26.7 Å². The van der Waals surface area contributed by atoms with Crippen LogP contribution in [0, 0.1) is 21.4 Å². The summed E-state index contributed by atoms with van der Waals surface area (Å²) in [6.45, 7) is 9.01. The van der Waals surface area contributed by atoms with Crippen LogP contribution in [0.25, 0.3) is 0 Å². The van der Waals surface area contributed by atoms with Gasteiger partial charge in [0.15, 0.2) is 0 Å². The molecule has 0 radical (unpaired) electrons. The Balaban J connectivity index is 5.24. The van der Waals surface area contributed by atoms with Gasteiger partial charge < -0.3 is 20.2 Å². The molecule has 2 unspecified atom stereocenters. The monoisotopic (exact) mass is 449 g/mol. The highest BCUT2D eigenvalue weighted by Gasteiger charge is 2.34. The summed E-state index contributed by atoms with van der Waals surface area (Å²) < 4.78 is 4.95. The average molecular weight is 450 g/mol. The maximum Gasteiger partial charge on any atom is 0.329 e. The van der Waals surface area contributed by atoms with Crippen molar-refractivity contribution in [3.63, 3.8) is 0 Å². The van der Waals surface area contributed by atoms with Gasteiger partial charge in [-0.1, -0.05) is 32.0 Å². The van der Waals surface area contributed by atoms with Crippen LogP contribution in [0.5, 0.6) is 0 Å². The van der Waals surface area contributed by atoms with Crippen LogP contribution in [0.1, 0.15) is 48.0 Å². The fourth-order valence-electron chi connectivity index (χ4n) is 2.19. The first-order valence-corrected chi connectivity index (χ1v) is 10.5. The zero-order chi connectivity index (χ0) is 23.5. The number of hydrogen-bond donors (Lipinski definition) is 2. The molecule has 0 aliphatic heterocycles. The molecule has 30 heavy (non-hydrogen) atoms. The first-order chi connectivity index (χ1) is 13.8. The van der Waals surface area contributed by atoms with Crippen molar-refractivity contribution < 1.29 is 33.8 Å². The molecule has 2 amide bonds. The van der Waals surface area contributed by atoms with E-state index in [9.17, 15) is 29.3 Å². The maximum absolute atomic E-state index is 12.6. The molecule has 0 bridgehead atoms. The number of amides is 2. The van der Waals surface area contributed by atoms with Crippen molar-refractivity contribution in [3.05, 3.63) is 10.1 Å². The molecule has 3 atom stereocenters. The number of esters is 1. The largest absolute Gasteiger partial charge is 0.464 e. The number of ether oxygens (including phenoxy) is 1. The molecule has 0 spiro atoms. The number of nitrogens with one attached hydrogen (secondary N) is 2. The van der Waals surface area contributed by atoms with Crippen LogP contribution in [-0.2, 0) is 28.8 Å². The van der Waals surface area contributed by atoms with Crippen LogP contribution in [0.3, 0.4) is 0 Å². The summed E-state index contributed by atoms with van der Waals surface area (Å²) in [6.07, 6.45) is 0.653. The second kappa shape index (κ2) is 13.0. The number of carbonyl (C=O) groups excluding carboxylic acids is 4. The standard InChI is InChI=1S/C18H31N3O8S/c1-7-11(3)14(19-12(4)22)16(24)30-9-13(15(23)28-8-2)20-17(25)18(5,6)10-29-21(26)27/h11,13-14H,7-10H2,1-6H3,(H,19,22)(H,20,25)/t11?,13-,14?/m0/s1. The van der Waals surface area contributed by atoms with Crippen LogP contribution >= 0.6 is 11.8 Å². The van der Waals surface area contributed by atoms with Gasteiger partial charge in [0, 0.05) is 12.7 Å². The van der Waals surface area contributed by atoms with Crippen molar-refractivity contribution in [3.8, 4) is 0 Å². The first-order valence-electron chi connectivity index (χ1n) is 9.54. The Labute approximate surface area is 180 Å². The third kappa shape index (κ3) is 9.90. The number of carbonyl (C=O) groups is 4. The number of hydrogen-bond acceptors (Lipinski definition) is 9. The third-order valence-corrected chi connectivity index (χ3v) is 5.28. The van der Waals surface area contributed by atoms with Gasteiger partial charge in [-0.25, -0.2) is 4.79 Å². The summed E-state index contributed by atoms with van der Waals surface area (Å²) in [7, 11) is 0. The summed E-state index contributed by atoms with van der Waals surface area (Å²) in [5, 5.41) is 14.1. The molecular weight excluding hydrogens is 418 g/mol. The number of rotatable bonds is 13. The number of nitrogens with zero attached hydrogens (tertiary/aromatic N) is 1. The minimum Gasteiger partial charge on any atom is -0.464 e. The lowest BCUT2D eigenvalue weighted by molar-refractivity contribution is -0.760. The molecule has 0 aliphatic rings. The summed E-state index contributed by atoms with van der Waals surface area (Å²) in [5.74, 6) is -2.01. The van der Waals surface area contributed by atoms with Gasteiger partial charge in [-0.2, -0.15) is 0 Å². The molecule has 0 heterocycles. The van der Waals surface area contributed by atoms with E-state index in [-0.39, 0.29) is 29.3 Å². The van der Waals surface area contributed by atoms with Crippen molar-refractivity contribution in [1.29, 1.82) is 0 Å². The van der Waals surface area contributed by atoms with Crippen molar-refractivity contribution in [1.82, 2.24) is 10.6 Å². The van der Waals surface area contributed by atoms with Gasteiger partial charge in [-0.3, -0.25) is 14.4 Å². The van der Waals surface area contributed by atoms with Crippen LogP contribution in [0.4, 0.5) is 0 Å². The van der Waals surface area contributed by atoms with Crippen molar-refractivity contribution in [2.45, 2.75) is 60.0 Å². The van der Waals surface area contributed by atoms with Gasteiger partial charge in [0.1, 0.15) is 18.7 Å². The predicted octanol–water partition coefficient (Wildman–Crippen LogP) is 1.08. The Morgan fingerprint density at radius 1 is 1.17 bits per heavy atom. The molecule has 2 N–H and O–H groups in total. The van der Waals surface area contributed by atoms with E-state index in [2.05, 4.69) is 15.5 Å². The zero-order valence-corrected chi connectivity index (χ0v) is 19.0. The SMILES string of the molecule is CCOC(=O)[C@H](CSC(=O)C(NC(C)=O)C(C)CC)NC(=O)C(C)(C)CO[N+](=O)[O-]. The topological polar surface area (TPSA) is 154 Å². The molecule has 11 nitrogen and oxygen atoms in total. The Morgan fingerprint density at radius 2 is 1.77 bits per heavy atom. The Kier molecular flexibility index (Phi) is 12.0. The van der Waals surface area contributed by atoms with E-state index in [0.29, 0.717) is 6.42 Å². The fourth-order valence-corrected chi connectivity index (χ4v) is 3.21. The van der Waals surface area contributed by atoms with Crippen LogP contribution in [-0.4, -0.2) is 59.0 Å². The van der Waals surface area contributed by atoms with E-state index >= 15 is 0 Å². The number of thioether (sulfide) groups is 1. The van der Waals surface area contributed by atoms with Crippen molar-refractivity contribution in [2.75, 3.05) is 19.0 Å². The lowest BCUT2D eigenvalue weighted by Crippen LogP contribution is -2.50. The second-order valence-corrected chi connectivity index (χ2v) is 8.38. The molecule has 0 rings (SSSR count). The molecular formula is C18H31N3O8S. The van der Waals surface area contributed by atoms with E-state index in [1.165, 1.54) is 20.8 Å². The highest BCUT2D eigenvalue weighted by Crippen LogP contribution is 2.19. The molecule has 0 aliphatic carbocycles. The Bertz CT molecular complexity index is 641. The van der Waals surface area contributed by atoms with Crippen LogP contribution < -0.4 is 10.6 Å². The molecule has 172 valence electrons. The summed E-state index contributed by atoms with van der Waals surface area (Å²) in [5.41, 5.74) is -1.30. The molecule has 0 aromatic heterocycles. The fraction of sp³-hybridized carbons (Fsp3) is 0.778. The second-order valence-electron chi connectivity index (χ2n) is 7.35. The van der Waals surface area contributed by atoms with E-state index < -0.39 is 41.1 Å². The summed E-state index contributed by atoms with van der Waals surface area (Å²) >= 11 is 0.795. The minimum absolute atomic E-state index is 0.0685. The van der Waals surface area contributed by atoms with Gasteiger partial charge >= 0.3 is 5.97 Å². The quantitative estimate of drug-likeness (QED) is 0.239. The highest BCUT2D eigenvalue weighted by molar-refractivity contribution is 8.13. The molecule has 0 aromatic carbocycles. The van der Waals surface area contributed by atoms with Gasteiger partial charge in [0.2, 0.25) is 16.9 Å².